The molecule has 0 spiro atoms. The van der Waals surface area contributed by atoms with Crippen molar-refractivity contribution in [3.8, 4) is 0 Å². The maximum Gasteiger partial charge on any atom is 0.330 e. The lowest BCUT2D eigenvalue weighted by Gasteiger charge is -2.37. The molecule has 1 aromatic carbocycles. The number of esters is 2. The van der Waals surface area contributed by atoms with Crippen LogP contribution in [0.2, 0.25) is 0 Å². The lowest BCUT2D eigenvalue weighted by atomic mass is 10.0. The minimum Gasteiger partial charge on any atom is -0.469 e. The fraction of sp³-hybridized carbons (Fsp3) is 0.500. The Morgan fingerprint density at radius 1 is 1.32 bits per heavy atom. The average molecular weight is 408 g/mol. The minimum absolute atomic E-state index is 0.0282. The Hall–Kier alpha value is -2.62. The zero-order valence-electron chi connectivity index (χ0n) is 15.2. The van der Waals surface area contributed by atoms with Crippen LogP contribution >= 0.6 is 11.8 Å². The number of non-ortho nitro benzene ring substituents is 1. The van der Waals surface area contributed by atoms with Gasteiger partial charge in [0.15, 0.2) is 0 Å². The number of methoxy groups -OCH3 is 1. The monoisotopic (exact) mass is 408 g/mol. The summed E-state index contributed by atoms with van der Waals surface area (Å²) in [6.45, 7) is -0.0282. The molecule has 0 radical (unpaired) electrons. The second-order valence-electron chi connectivity index (χ2n) is 6.61. The molecule has 150 valence electrons. The zero-order valence-corrected chi connectivity index (χ0v) is 16.1. The third-order valence-corrected chi connectivity index (χ3v) is 6.20. The largest absolute Gasteiger partial charge is 0.469 e. The Morgan fingerprint density at radius 2 is 2.04 bits per heavy atom. The topological polar surface area (TPSA) is 116 Å². The van der Waals surface area contributed by atoms with Crippen LogP contribution in [0.5, 0.6) is 0 Å². The first-order valence-corrected chi connectivity index (χ1v) is 9.85. The van der Waals surface area contributed by atoms with Gasteiger partial charge in [0, 0.05) is 35.6 Å². The van der Waals surface area contributed by atoms with Crippen LogP contribution in [-0.4, -0.2) is 57.9 Å². The molecule has 0 bridgehead atoms. The van der Waals surface area contributed by atoms with Crippen molar-refractivity contribution in [3.05, 3.63) is 39.9 Å². The van der Waals surface area contributed by atoms with Gasteiger partial charge < -0.3 is 14.4 Å². The van der Waals surface area contributed by atoms with E-state index in [9.17, 15) is 24.5 Å². The third-order valence-electron chi connectivity index (χ3n) is 4.88. The minimum atomic E-state index is -0.674. The Labute approximate surface area is 165 Å². The molecule has 2 aliphatic rings. The van der Waals surface area contributed by atoms with Crippen LogP contribution in [0.3, 0.4) is 0 Å². The maximum absolute atomic E-state index is 12.7. The van der Waals surface area contributed by atoms with Gasteiger partial charge in [0.2, 0.25) is 5.91 Å². The van der Waals surface area contributed by atoms with Gasteiger partial charge in [0.05, 0.1) is 18.5 Å². The van der Waals surface area contributed by atoms with Gasteiger partial charge in [0.1, 0.15) is 12.6 Å². The van der Waals surface area contributed by atoms with E-state index in [1.54, 1.807) is 4.90 Å². The summed E-state index contributed by atoms with van der Waals surface area (Å²) >= 11 is 1.47. The van der Waals surface area contributed by atoms with Crippen LogP contribution in [0, 0.1) is 10.1 Å². The number of rotatable bonds is 8. The molecule has 1 unspecified atom stereocenters. The summed E-state index contributed by atoms with van der Waals surface area (Å²) in [5.41, 5.74) is 0.584. The number of hydrogen-bond donors (Lipinski definition) is 0. The molecular weight excluding hydrogens is 388 g/mol. The van der Waals surface area contributed by atoms with Crippen LogP contribution in [0.4, 0.5) is 5.69 Å². The predicted octanol–water partition coefficient (Wildman–Crippen LogP) is 1.68. The fourth-order valence-electron chi connectivity index (χ4n) is 3.43. The number of hydrogen-bond acceptors (Lipinski definition) is 8. The van der Waals surface area contributed by atoms with Crippen LogP contribution in [-0.2, 0) is 30.5 Å². The molecule has 10 heteroatoms. The lowest BCUT2D eigenvalue weighted by Crippen LogP contribution is -2.55. The molecule has 9 nitrogen and oxygen atoms in total. The smallest absolute Gasteiger partial charge is 0.330 e. The second-order valence-corrected chi connectivity index (χ2v) is 7.95. The van der Waals surface area contributed by atoms with Gasteiger partial charge in [-0.25, -0.2) is 4.79 Å². The van der Waals surface area contributed by atoms with Crippen molar-refractivity contribution in [2.45, 2.75) is 43.2 Å². The highest BCUT2D eigenvalue weighted by atomic mass is 32.2. The number of benzene rings is 1. The van der Waals surface area contributed by atoms with Crippen molar-refractivity contribution in [2.75, 3.05) is 12.9 Å². The standard InChI is InChI=1S/C18H20N2O7S/c1-26-16(22)6-7-28-14-8-13-9-15(21)19(13)17(14)18(23)27-10-11-2-4-12(5-3-11)20(24)25/h2-5,13-14,17H,6-10H2,1H3/t13?,14-,17+/m1/s1. The van der Waals surface area contributed by atoms with Gasteiger partial charge in [0.25, 0.3) is 5.69 Å². The molecule has 1 amide bonds. The highest BCUT2D eigenvalue weighted by Crippen LogP contribution is 2.41. The van der Waals surface area contributed by atoms with Gasteiger partial charge in [-0.3, -0.25) is 19.7 Å². The Morgan fingerprint density at radius 3 is 2.64 bits per heavy atom. The highest BCUT2D eigenvalue weighted by Gasteiger charge is 2.54. The number of ether oxygens (including phenoxy) is 2. The van der Waals surface area contributed by atoms with E-state index in [2.05, 4.69) is 4.74 Å². The normalized spacial score (nSPS) is 23.0. The SMILES string of the molecule is COC(=O)CCS[C@@H]1CC2CC(=O)N2[C@@H]1C(=O)OCc1ccc([N+](=O)[O-])cc1. The summed E-state index contributed by atoms with van der Waals surface area (Å²) in [5.74, 6) is -0.386. The molecule has 2 fully saturated rings. The summed E-state index contributed by atoms with van der Waals surface area (Å²) in [5, 5.41) is 10.6. The number of carbonyl (C=O) groups excluding carboxylic acids is 3. The number of nitrogens with zero attached hydrogens (tertiary/aromatic N) is 2. The van der Waals surface area contributed by atoms with E-state index < -0.39 is 16.9 Å². The molecule has 3 rings (SSSR count). The Bertz CT molecular complexity index is 783. The number of thioether (sulfide) groups is 1. The van der Waals surface area contributed by atoms with E-state index in [-0.39, 0.29) is 41.9 Å². The van der Waals surface area contributed by atoms with E-state index in [0.29, 0.717) is 24.2 Å². The molecule has 2 aliphatic heterocycles. The van der Waals surface area contributed by atoms with Crippen molar-refractivity contribution < 1.29 is 28.8 Å². The molecule has 0 aromatic heterocycles. The molecule has 2 heterocycles. The Kier molecular flexibility index (Phi) is 6.18. The van der Waals surface area contributed by atoms with E-state index in [4.69, 9.17) is 4.74 Å². The molecule has 2 saturated heterocycles. The highest BCUT2D eigenvalue weighted by molar-refractivity contribution is 8.00. The van der Waals surface area contributed by atoms with Crippen molar-refractivity contribution in [2.24, 2.45) is 0 Å². The van der Waals surface area contributed by atoms with Gasteiger partial charge in [-0.05, 0) is 24.1 Å². The van der Waals surface area contributed by atoms with Gasteiger partial charge in [-0.1, -0.05) is 0 Å². The van der Waals surface area contributed by atoms with Crippen LogP contribution in [0.1, 0.15) is 24.8 Å². The summed E-state index contributed by atoms with van der Waals surface area (Å²) in [6.07, 6.45) is 1.36. The van der Waals surface area contributed by atoms with Gasteiger partial charge >= 0.3 is 11.9 Å². The summed E-state index contributed by atoms with van der Waals surface area (Å²) in [7, 11) is 1.32. The second kappa shape index (κ2) is 8.59. The van der Waals surface area contributed by atoms with Crippen molar-refractivity contribution >= 4 is 35.3 Å². The molecule has 0 aliphatic carbocycles. The molecule has 0 N–H and O–H groups in total. The van der Waals surface area contributed by atoms with E-state index in [0.717, 1.165) is 0 Å². The van der Waals surface area contributed by atoms with Crippen LogP contribution in [0.15, 0.2) is 24.3 Å². The first-order valence-electron chi connectivity index (χ1n) is 8.80. The van der Waals surface area contributed by atoms with E-state index >= 15 is 0 Å². The third kappa shape index (κ3) is 4.27. The zero-order chi connectivity index (χ0) is 20.3. The van der Waals surface area contributed by atoms with Crippen LogP contribution in [0.25, 0.3) is 0 Å². The summed E-state index contributed by atoms with van der Waals surface area (Å²) < 4.78 is 10.0. The van der Waals surface area contributed by atoms with E-state index in [1.807, 2.05) is 0 Å². The molecule has 28 heavy (non-hydrogen) atoms. The molecule has 1 aromatic rings. The van der Waals surface area contributed by atoms with Crippen molar-refractivity contribution in [3.63, 3.8) is 0 Å². The number of nitro benzene ring substituents is 1. The average Bonchev–Trinajstić information content (AvgIpc) is 2.98. The lowest BCUT2D eigenvalue weighted by molar-refractivity contribution is -0.384. The van der Waals surface area contributed by atoms with Crippen LogP contribution < -0.4 is 0 Å². The quantitative estimate of drug-likeness (QED) is 0.276. The predicted molar refractivity (Wildman–Crippen MR) is 99.4 cm³/mol. The maximum atomic E-state index is 12.7. The van der Waals surface area contributed by atoms with Gasteiger partial charge in [-0.2, -0.15) is 11.8 Å². The fourth-order valence-corrected chi connectivity index (χ4v) is 4.80. The number of carbonyl (C=O) groups is 3. The first kappa shape index (κ1) is 20.1. The summed E-state index contributed by atoms with van der Waals surface area (Å²) in [4.78, 5) is 47.7. The Balaban J connectivity index is 1.59. The van der Waals surface area contributed by atoms with Crippen molar-refractivity contribution in [1.29, 1.82) is 0 Å². The number of nitro groups is 1. The van der Waals surface area contributed by atoms with Crippen molar-refractivity contribution in [1.82, 2.24) is 4.90 Å². The first-order chi connectivity index (χ1) is 13.4. The van der Waals surface area contributed by atoms with Gasteiger partial charge in [-0.15, -0.1) is 0 Å². The molecule has 0 saturated carbocycles. The number of β-lactam (4-membered cyclic amide) rings is 1. The summed E-state index contributed by atoms with van der Waals surface area (Å²) in [6, 6.07) is 5.12. The van der Waals surface area contributed by atoms with E-state index in [1.165, 1.54) is 43.1 Å². The number of fused-ring (bicyclic) bond motifs is 1. The molecule has 3 atom stereocenters. The molecular formula is C18H20N2O7S. The number of amides is 1.